The molecule has 1 N–H and O–H groups in total. The Morgan fingerprint density at radius 3 is 2.23 bits per heavy atom. The third-order valence-electron chi connectivity index (χ3n) is 7.12. The number of fused-ring (bicyclic) bond motifs is 2. The molecule has 3 heterocycles. The van der Waals surface area contributed by atoms with Gasteiger partial charge in [0.05, 0.1) is 30.1 Å². The van der Waals surface area contributed by atoms with Gasteiger partial charge in [-0.15, -0.1) is 4.28 Å². The Balaban J connectivity index is 1.46. The highest BCUT2D eigenvalue weighted by Gasteiger charge is 2.50. The lowest BCUT2D eigenvalue weighted by molar-refractivity contribution is -0.155. The Bertz CT molecular complexity index is 1180. The van der Waals surface area contributed by atoms with E-state index in [-0.39, 0.29) is 25.6 Å². The van der Waals surface area contributed by atoms with Crippen LogP contribution in [0.25, 0.3) is 0 Å². The molecule has 3 fully saturated rings. The molecule has 43 heavy (non-hydrogen) atoms. The molecule has 0 aliphatic carbocycles. The molecule has 0 aromatic heterocycles. The van der Waals surface area contributed by atoms with Gasteiger partial charge in [0.1, 0.15) is 6.04 Å². The number of likely N-dealkylation sites (tertiary alicyclic amines) is 1. The second-order valence-electron chi connectivity index (χ2n) is 12.2. The summed E-state index contributed by atoms with van der Waals surface area (Å²) in [5.41, 5.74) is -2.02. The molecule has 244 valence electrons. The van der Waals surface area contributed by atoms with Gasteiger partial charge in [-0.05, 0) is 67.2 Å². The molecule has 0 aromatic carbocycles. The van der Waals surface area contributed by atoms with Gasteiger partial charge in [0.25, 0.3) is 12.3 Å². The molecule has 0 spiro atoms. The van der Waals surface area contributed by atoms with Crippen molar-refractivity contribution in [3.8, 4) is 0 Å². The number of hydrogen-bond acceptors (Lipinski definition) is 13. The summed E-state index contributed by atoms with van der Waals surface area (Å²) < 4.78 is 49.5. The summed E-state index contributed by atoms with van der Waals surface area (Å²) >= 11 is 0.311. The van der Waals surface area contributed by atoms with Crippen LogP contribution in [0.4, 0.5) is 9.59 Å². The van der Waals surface area contributed by atoms with Crippen molar-refractivity contribution in [2.75, 3.05) is 32.8 Å². The van der Waals surface area contributed by atoms with Crippen LogP contribution in [-0.4, -0.2) is 104 Å². The first-order chi connectivity index (χ1) is 19.9. The number of urea groups is 1. The van der Waals surface area contributed by atoms with Crippen molar-refractivity contribution < 1.29 is 54.0 Å². The average Bonchev–Trinajstić information content (AvgIpc) is 3.15. The summed E-state index contributed by atoms with van der Waals surface area (Å²) in [7, 11) is -4.71. The van der Waals surface area contributed by atoms with Crippen LogP contribution >= 0.6 is 12.3 Å². The Hall–Kier alpha value is -2.83. The Kier molecular flexibility index (Phi) is 11.2. The van der Waals surface area contributed by atoms with E-state index < -0.39 is 69.9 Å². The first-order valence-corrected chi connectivity index (χ1v) is 16.0. The molecule has 2 bridgehead atoms. The predicted molar refractivity (Wildman–Crippen MR) is 149 cm³/mol. The summed E-state index contributed by atoms with van der Waals surface area (Å²) in [5, 5.41) is 3.61. The van der Waals surface area contributed by atoms with E-state index in [4.69, 9.17) is 21.6 Å². The van der Waals surface area contributed by atoms with Crippen LogP contribution in [0.1, 0.15) is 67.2 Å². The smallest absolute Gasteiger partial charge is 0.424 e. The normalized spacial score (nSPS) is 21.4. The quantitative estimate of drug-likeness (QED) is 0.252. The molecule has 3 saturated heterocycles. The fraction of sp³-hybridized carbons (Fsp3) is 0.800. The third kappa shape index (κ3) is 9.09. The van der Waals surface area contributed by atoms with E-state index in [2.05, 4.69) is 5.32 Å². The number of carbonyl (C=O) groups is 5. The summed E-state index contributed by atoms with van der Waals surface area (Å²) in [6, 6.07) is -2.49. The topological polar surface area (TPSA) is 187 Å². The van der Waals surface area contributed by atoms with Crippen LogP contribution in [0.5, 0.6) is 0 Å². The zero-order chi connectivity index (χ0) is 32.2. The van der Waals surface area contributed by atoms with Gasteiger partial charge in [-0.25, -0.2) is 13.8 Å². The van der Waals surface area contributed by atoms with E-state index in [0.29, 0.717) is 49.7 Å². The molecule has 0 aromatic rings. The average molecular weight is 653 g/mol. The molecule has 0 saturated carbocycles. The van der Waals surface area contributed by atoms with Crippen LogP contribution in [0, 0.1) is 10.8 Å². The highest BCUT2D eigenvalue weighted by molar-refractivity contribution is 7.90. The Morgan fingerprint density at radius 1 is 0.977 bits per heavy atom. The van der Waals surface area contributed by atoms with Crippen molar-refractivity contribution >= 4 is 52.7 Å². The second-order valence-corrected chi connectivity index (χ2v) is 13.8. The number of esters is 1. The third-order valence-corrected chi connectivity index (χ3v) is 8.30. The maximum absolute atomic E-state index is 13.1. The number of nitrogens with one attached hydrogen (secondary N) is 1. The molecule has 4 amide bonds. The number of ether oxygens (including phenoxy) is 1. The SMILES string of the molecule is CCOC(=O)C(C)(C)COS(=O)(=O)ON1C(=O)N2C[C@@H]1CC[C@H]2C(=O)NC1CCN(C(=O)OSOC(=O)C(C)(C)C)CC1. The van der Waals surface area contributed by atoms with Gasteiger partial charge in [0.15, 0.2) is 0 Å². The molecule has 0 radical (unpaired) electrons. The first-order valence-electron chi connectivity index (χ1n) is 14.0. The molecule has 0 unspecified atom stereocenters. The monoisotopic (exact) mass is 652 g/mol. The van der Waals surface area contributed by atoms with Crippen LogP contribution in [-0.2, 0) is 46.4 Å². The standard InChI is InChI=1S/C25H40N4O12S2/c1-7-37-21(32)25(5,6)15-38-43(35,36)41-29-17-8-9-18(28(14-17)22(29)33)19(30)26-16-10-12-27(13-11-16)23(34)40-42-39-20(31)24(2,3)4/h16-18H,7-15H2,1-6H3,(H,26,30)/t17-,18-/m0/s1. The number of nitrogens with zero attached hydrogens (tertiary/aromatic N) is 3. The zero-order valence-corrected chi connectivity index (χ0v) is 26.8. The fourth-order valence-electron chi connectivity index (χ4n) is 4.49. The van der Waals surface area contributed by atoms with Crippen molar-refractivity contribution in [1.29, 1.82) is 0 Å². The van der Waals surface area contributed by atoms with E-state index >= 15 is 0 Å². The van der Waals surface area contributed by atoms with E-state index in [1.807, 2.05) is 0 Å². The minimum atomic E-state index is -4.71. The molecule has 3 rings (SSSR count). The summed E-state index contributed by atoms with van der Waals surface area (Å²) in [6.45, 7) is 9.76. The number of piperidine rings is 2. The van der Waals surface area contributed by atoms with Crippen molar-refractivity contribution in [3.63, 3.8) is 0 Å². The second kappa shape index (κ2) is 13.9. The summed E-state index contributed by atoms with van der Waals surface area (Å²) in [6.07, 6.45) is 0.800. The summed E-state index contributed by atoms with van der Waals surface area (Å²) in [4.78, 5) is 64.9. The molecule has 16 nitrogen and oxygen atoms in total. The van der Waals surface area contributed by atoms with E-state index in [9.17, 15) is 32.4 Å². The maximum atomic E-state index is 13.1. The minimum absolute atomic E-state index is 0.0858. The van der Waals surface area contributed by atoms with Gasteiger partial charge in [-0.3, -0.25) is 14.4 Å². The number of rotatable bonds is 11. The van der Waals surface area contributed by atoms with Crippen LogP contribution < -0.4 is 5.32 Å². The highest BCUT2D eigenvalue weighted by atomic mass is 32.3. The predicted octanol–water partition coefficient (Wildman–Crippen LogP) is 1.91. The van der Waals surface area contributed by atoms with Gasteiger partial charge in [0.2, 0.25) is 5.91 Å². The lowest BCUT2D eigenvalue weighted by Gasteiger charge is -2.34. The maximum Gasteiger partial charge on any atom is 0.424 e. The Morgan fingerprint density at radius 2 is 1.63 bits per heavy atom. The van der Waals surface area contributed by atoms with E-state index in [1.54, 1.807) is 27.7 Å². The van der Waals surface area contributed by atoms with Crippen molar-refractivity contribution in [3.05, 3.63) is 0 Å². The lowest BCUT2D eigenvalue weighted by atomic mass is 9.95. The van der Waals surface area contributed by atoms with Crippen LogP contribution in [0.2, 0.25) is 0 Å². The largest absolute Gasteiger partial charge is 0.466 e. The van der Waals surface area contributed by atoms with Crippen molar-refractivity contribution in [2.45, 2.75) is 85.4 Å². The number of hydroxylamine groups is 2. The van der Waals surface area contributed by atoms with Gasteiger partial charge < -0.3 is 28.2 Å². The van der Waals surface area contributed by atoms with Gasteiger partial charge in [-0.1, -0.05) is 0 Å². The Labute approximate surface area is 255 Å². The zero-order valence-electron chi connectivity index (χ0n) is 25.2. The molecule has 2 atom stereocenters. The number of hydrogen-bond donors (Lipinski definition) is 1. The molecule has 3 aliphatic heterocycles. The van der Waals surface area contributed by atoms with Crippen molar-refractivity contribution in [2.24, 2.45) is 10.8 Å². The molecule has 18 heteroatoms. The van der Waals surface area contributed by atoms with Gasteiger partial charge >= 0.3 is 34.5 Å². The van der Waals surface area contributed by atoms with Crippen LogP contribution in [0.15, 0.2) is 0 Å². The van der Waals surface area contributed by atoms with E-state index in [0.717, 1.165) is 0 Å². The number of carbonyl (C=O) groups excluding carboxylic acids is 5. The minimum Gasteiger partial charge on any atom is -0.466 e. The summed E-state index contributed by atoms with van der Waals surface area (Å²) in [5.74, 6) is -1.58. The number of amides is 4. The molecule has 3 aliphatic rings. The van der Waals surface area contributed by atoms with Gasteiger partial charge in [0, 0.05) is 25.7 Å². The van der Waals surface area contributed by atoms with Gasteiger partial charge in [-0.2, -0.15) is 13.5 Å². The van der Waals surface area contributed by atoms with E-state index in [1.165, 1.54) is 23.6 Å². The van der Waals surface area contributed by atoms with Crippen LogP contribution in [0.3, 0.4) is 0 Å². The fourth-order valence-corrected chi connectivity index (χ4v) is 5.86. The van der Waals surface area contributed by atoms with Crippen molar-refractivity contribution in [1.82, 2.24) is 20.2 Å². The first kappa shape index (κ1) is 34.7. The molecular formula is C25H40N4O12S2. The highest BCUT2D eigenvalue weighted by Crippen LogP contribution is 2.32. The lowest BCUT2D eigenvalue weighted by Crippen LogP contribution is -2.54. The molecular weight excluding hydrogens is 612 g/mol.